The molecule has 1 aliphatic heterocycles. The Labute approximate surface area is 186 Å². The van der Waals surface area contributed by atoms with Crippen molar-refractivity contribution in [3.63, 3.8) is 0 Å². The van der Waals surface area contributed by atoms with Gasteiger partial charge < -0.3 is 10.6 Å². The number of carbonyl (C=O) groups excluding carboxylic acids is 3. The van der Waals surface area contributed by atoms with E-state index in [0.717, 1.165) is 29.9 Å². The number of hydrogen-bond donors (Lipinski definition) is 2. The SMILES string of the molecule is CC1CCCCC12NC(=O)N(CC(=O)Nc1cc(C(C)(C)C)nn1-c1ncccn1)C2=O. The van der Waals surface area contributed by atoms with Gasteiger partial charge in [0.1, 0.15) is 17.9 Å². The highest BCUT2D eigenvalue weighted by Gasteiger charge is 2.55. The summed E-state index contributed by atoms with van der Waals surface area (Å²) >= 11 is 0. The molecule has 2 aromatic heterocycles. The molecule has 10 heteroatoms. The maximum absolute atomic E-state index is 13.1. The van der Waals surface area contributed by atoms with Crippen LogP contribution in [0.25, 0.3) is 5.95 Å². The molecule has 2 fully saturated rings. The molecule has 2 N–H and O–H groups in total. The van der Waals surface area contributed by atoms with Gasteiger partial charge in [-0.1, -0.05) is 40.5 Å². The average Bonchev–Trinajstić information content (AvgIpc) is 3.26. The van der Waals surface area contributed by atoms with Crippen molar-refractivity contribution in [2.24, 2.45) is 5.92 Å². The minimum Gasteiger partial charge on any atom is -0.323 e. The molecule has 2 atom stereocenters. The molecule has 0 radical (unpaired) electrons. The molecule has 4 rings (SSSR count). The number of hydrogen-bond acceptors (Lipinski definition) is 6. The molecule has 3 heterocycles. The van der Waals surface area contributed by atoms with Crippen LogP contribution in [-0.4, -0.2) is 54.6 Å². The van der Waals surface area contributed by atoms with Gasteiger partial charge in [-0.3, -0.25) is 14.5 Å². The second-order valence-electron chi connectivity index (χ2n) is 9.61. The van der Waals surface area contributed by atoms with Crippen LogP contribution in [-0.2, 0) is 15.0 Å². The fourth-order valence-corrected chi connectivity index (χ4v) is 4.35. The predicted molar refractivity (Wildman–Crippen MR) is 117 cm³/mol. The lowest BCUT2D eigenvalue weighted by Crippen LogP contribution is -2.54. The Hall–Kier alpha value is -3.30. The van der Waals surface area contributed by atoms with E-state index >= 15 is 0 Å². The molecule has 2 aromatic rings. The van der Waals surface area contributed by atoms with Gasteiger partial charge in [-0.05, 0) is 24.8 Å². The summed E-state index contributed by atoms with van der Waals surface area (Å²) in [6, 6.07) is 2.93. The Kier molecular flexibility index (Phi) is 5.47. The number of rotatable bonds is 4. The van der Waals surface area contributed by atoms with Crippen LogP contribution in [0.15, 0.2) is 24.5 Å². The number of amides is 4. The smallest absolute Gasteiger partial charge is 0.323 e. The summed E-state index contributed by atoms with van der Waals surface area (Å²) in [5, 5.41) is 10.2. The predicted octanol–water partition coefficient (Wildman–Crippen LogP) is 2.40. The molecule has 32 heavy (non-hydrogen) atoms. The molecule has 10 nitrogen and oxygen atoms in total. The van der Waals surface area contributed by atoms with Gasteiger partial charge in [0.15, 0.2) is 0 Å². The zero-order valence-corrected chi connectivity index (χ0v) is 18.9. The highest BCUT2D eigenvalue weighted by Crippen LogP contribution is 2.38. The molecule has 0 aromatic carbocycles. The molecule has 0 bridgehead atoms. The summed E-state index contributed by atoms with van der Waals surface area (Å²) in [7, 11) is 0. The van der Waals surface area contributed by atoms with Crippen LogP contribution in [0.5, 0.6) is 0 Å². The molecular formula is C22H29N7O3. The summed E-state index contributed by atoms with van der Waals surface area (Å²) < 4.78 is 1.45. The van der Waals surface area contributed by atoms with Crippen molar-refractivity contribution in [3.05, 3.63) is 30.2 Å². The number of nitrogens with zero attached hydrogens (tertiary/aromatic N) is 5. The number of carbonyl (C=O) groups is 3. The summed E-state index contributed by atoms with van der Waals surface area (Å²) in [5.41, 5.74) is -0.423. The number of anilines is 1. The van der Waals surface area contributed by atoms with Crippen molar-refractivity contribution in [2.75, 3.05) is 11.9 Å². The molecule has 1 spiro atoms. The second-order valence-corrected chi connectivity index (χ2v) is 9.61. The Morgan fingerprint density at radius 2 is 1.97 bits per heavy atom. The Balaban J connectivity index is 1.55. The largest absolute Gasteiger partial charge is 0.325 e. The second kappa shape index (κ2) is 7.99. The first-order valence-electron chi connectivity index (χ1n) is 10.9. The first kappa shape index (κ1) is 21.9. The first-order chi connectivity index (χ1) is 15.1. The van der Waals surface area contributed by atoms with Gasteiger partial charge in [0.05, 0.1) is 5.69 Å². The van der Waals surface area contributed by atoms with Crippen LogP contribution in [0.3, 0.4) is 0 Å². The third-order valence-corrected chi connectivity index (χ3v) is 6.29. The molecular weight excluding hydrogens is 410 g/mol. The van der Waals surface area contributed by atoms with Gasteiger partial charge >= 0.3 is 6.03 Å². The monoisotopic (exact) mass is 439 g/mol. The quantitative estimate of drug-likeness (QED) is 0.706. The van der Waals surface area contributed by atoms with Crippen molar-refractivity contribution in [2.45, 2.75) is 64.3 Å². The van der Waals surface area contributed by atoms with Crippen molar-refractivity contribution in [1.29, 1.82) is 0 Å². The molecule has 1 saturated heterocycles. The van der Waals surface area contributed by atoms with Crippen LogP contribution in [0.2, 0.25) is 0 Å². The average molecular weight is 440 g/mol. The Bertz CT molecular complexity index is 1040. The van der Waals surface area contributed by atoms with Crippen LogP contribution in [0, 0.1) is 5.92 Å². The zero-order chi connectivity index (χ0) is 23.1. The topological polar surface area (TPSA) is 122 Å². The summed E-state index contributed by atoms with van der Waals surface area (Å²) in [4.78, 5) is 48.1. The lowest BCUT2D eigenvalue weighted by Gasteiger charge is -2.36. The van der Waals surface area contributed by atoms with E-state index in [0.29, 0.717) is 18.2 Å². The van der Waals surface area contributed by atoms with Gasteiger partial charge in [0, 0.05) is 23.9 Å². The van der Waals surface area contributed by atoms with Crippen molar-refractivity contribution >= 4 is 23.7 Å². The fourth-order valence-electron chi connectivity index (χ4n) is 4.35. The first-order valence-corrected chi connectivity index (χ1v) is 10.9. The molecule has 170 valence electrons. The fraction of sp³-hybridized carbons (Fsp3) is 0.545. The molecule has 1 saturated carbocycles. The van der Waals surface area contributed by atoms with E-state index in [1.807, 2.05) is 27.7 Å². The van der Waals surface area contributed by atoms with Crippen molar-refractivity contribution in [3.8, 4) is 5.95 Å². The van der Waals surface area contributed by atoms with E-state index in [1.54, 1.807) is 24.5 Å². The van der Waals surface area contributed by atoms with E-state index in [4.69, 9.17) is 0 Å². The van der Waals surface area contributed by atoms with Crippen LogP contribution in [0.4, 0.5) is 10.6 Å². The van der Waals surface area contributed by atoms with E-state index in [1.165, 1.54) is 4.68 Å². The van der Waals surface area contributed by atoms with E-state index in [9.17, 15) is 14.4 Å². The third kappa shape index (κ3) is 3.85. The standard InChI is InChI=1S/C22H29N7O3/c1-14-8-5-6-9-22(14)18(31)28(20(32)26-22)13-17(30)25-16-12-15(21(2,3)4)27-29(16)19-23-10-7-11-24-19/h7,10-12,14H,5-6,8-9,13H2,1-4H3,(H,25,30)(H,26,32). The highest BCUT2D eigenvalue weighted by atomic mass is 16.2. The summed E-state index contributed by atoms with van der Waals surface area (Å²) in [6.45, 7) is 7.64. The normalized spacial score (nSPS) is 23.5. The van der Waals surface area contributed by atoms with E-state index in [-0.39, 0.29) is 23.8 Å². The zero-order valence-electron chi connectivity index (χ0n) is 18.9. The van der Waals surface area contributed by atoms with Gasteiger partial charge in [0.25, 0.3) is 11.9 Å². The number of urea groups is 1. The lowest BCUT2D eigenvalue weighted by molar-refractivity contribution is -0.136. The molecule has 2 aliphatic rings. The number of aromatic nitrogens is 4. The maximum atomic E-state index is 13.1. The lowest BCUT2D eigenvalue weighted by atomic mass is 9.73. The molecule has 4 amide bonds. The molecule has 1 aliphatic carbocycles. The summed E-state index contributed by atoms with van der Waals surface area (Å²) in [6.07, 6.45) is 6.56. The van der Waals surface area contributed by atoms with Crippen molar-refractivity contribution in [1.82, 2.24) is 30.0 Å². The minimum absolute atomic E-state index is 0.0340. The summed E-state index contributed by atoms with van der Waals surface area (Å²) in [5.74, 6) is -0.0966. The van der Waals surface area contributed by atoms with Gasteiger partial charge in [-0.2, -0.15) is 9.78 Å². The third-order valence-electron chi connectivity index (χ3n) is 6.29. The van der Waals surface area contributed by atoms with Gasteiger partial charge in [0.2, 0.25) is 5.91 Å². The highest BCUT2D eigenvalue weighted by molar-refractivity contribution is 6.10. The molecule has 2 unspecified atom stereocenters. The van der Waals surface area contributed by atoms with Crippen LogP contribution >= 0.6 is 0 Å². The Morgan fingerprint density at radius 1 is 1.25 bits per heavy atom. The number of nitrogens with one attached hydrogen (secondary N) is 2. The Morgan fingerprint density at radius 3 is 2.62 bits per heavy atom. The van der Waals surface area contributed by atoms with Crippen LogP contribution in [0.1, 0.15) is 59.1 Å². The van der Waals surface area contributed by atoms with E-state index in [2.05, 4.69) is 25.7 Å². The minimum atomic E-state index is -0.894. The van der Waals surface area contributed by atoms with Gasteiger partial charge in [-0.15, -0.1) is 0 Å². The van der Waals surface area contributed by atoms with Gasteiger partial charge in [-0.25, -0.2) is 14.8 Å². The number of imide groups is 1. The van der Waals surface area contributed by atoms with Crippen molar-refractivity contribution < 1.29 is 14.4 Å². The maximum Gasteiger partial charge on any atom is 0.325 e. The van der Waals surface area contributed by atoms with E-state index < -0.39 is 17.5 Å². The van der Waals surface area contributed by atoms with Crippen LogP contribution < -0.4 is 10.6 Å².